The minimum Gasteiger partial charge on any atom is -0.467 e. The Labute approximate surface area is 228 Å². The van der Waals surface area contributed by atoms with Crippen LogP contribution >= 0.6 is 0 Å². The van der Waals surface area contributed by atoms with Gasteiger partial charge in [0.2, 0.25) is 5.91 Å². The first kappa shape index (κ1) is 27.9. The summed E-state index contributed by atoms with van der Waals surface area (Å²) in [5.41, 5.74) is 1.37. The van der Waals surface area contributed by atoms with E-state index in [0.717, 1.165) is 37.7 Å². The first-order valence-electron chi connectivity index (χ1n) is 13.4. The Kier molecular flexibility index (Phi) is 9.71. The van der Waals surface area contributed by atoms with Crippen LogP contribution in [-0.2, 0) is 20.7 Å². The van der Waals surface area contributed by atoms with Crippen molar-refractivity contribution in [2.75, 3.05) is 32.1 Å². The zero-order valence-electron chi connectivity index (χ0n) is 22.2. The number of piperazine rings is 1. The molecule has 2 fully saturated rings. The number of hydrogen-bond donors (Lipinski definition) is 3. The van der Waals surface area contributed by atoms with E-state index < -0.39 is 24.0 Å². The van der Waals surface area contributed by atoms with Gasteiger partial charge >= 0.3 is 18.0 Å². The third-order valence-corrected chi connectivity index (χ3v) is 7.15. The highest BCUT2D eigenvalue weighted by Crippen LogP contribution is 2.19. The lowest BCUT2D eigenvalue weighted by atomic mass is 9.95. The summed E-state index contributed by atoms with van der Waals surface area (Å²) in [5.74, 6) is -1.15. The number of methoxy groups -OCH3 is 1. The summed E-state index contributed by atoms with van der Waals surface area (Å²) >= 11 is 0. The van der Waals surface area contributed by atoms with E-state index in [4.69, 9.17) is 4.74 Å². The van der Waals surface area contributed by atoms with Gasteiger partial charge in [0.25, 0.3) is 0 Å². The van der Waals surface area contributed by atoms with Crippen LogP contribution in [0.3, 0.4) is 0 Å². The number of nitrogens with zero attached hydrogens (tertiary/aromatic N) is 3. The van der Waals surface area contributed by atoms with Crippen LogP contribution in [0.25, 0.3) is 0 Å². The van der Waals surface area contributed by atoms with Gasteiger partial charge in [0.05, 0.1) is 13.7 Å². The van der Waals surface area contributed by atoms with Crippen molar-refractivity contribution in [2.45, 2.75) is 56.7 Å². The van der Waals surface area contributed by atoms with Crippen molar-refractivity contribution in [1.82, 2.24) is 25.4 Å². The molecule has 2 heterocycles. The molecule has 39 heavy (non-hydrogen) atoms. The second kappa shape index (κ2) is 13.6. The smallest absolute Gasteiger partial charge is 0.328 e. The molecule has 2 aromatic rings. The van der Waals surface area contributed by atoms with Crippen molar-refractivity contribution in [1.29, 1.82) is 0 Å². The monoisotopic (exact) mass is 536 g/mol. The molecule has 2 aliphatic rings. The van der Waals surface area contributed by atoms with Gasteiger partial charge in [0.15, 0.2) is 0 Å². The highest BCUT2D eigenvalue weighted by molar-refractivity contribution is 5.93. The molecule has 4 rings (SSSR count). The van der Waals surface area contributed by atoms with Crippen LogP contribution in [0.5, 0.6) is 0 Å². The Hall–Kier alpha value is -4.15. The molecule has 1 aliphatic carbocycles. The molecular formula is C28H36N6O5. The maximum atomic E-state index is 13.6. The molecule has 11 nitrogen and oxygen atoms in total. The molecule has 11 heteroatoms. The quantitative estimate of drug-likeness (QED) is 0.466. The van der Waals surface area contributed by atoms with Crippen LogP contribution in [0.15, 0.2) is 54.9 Å². The first-order valence-corrected chi connectivity index (χ1v) is 13.4. The number of para-hydroxylation sites is 1. The van der Waals surface area contributed by atoms with Gasteiger partial charge in [-0.05, 0) is 36.6 Å². The van der Waals surface area contributed by atoms with Crippen LogP contribution in [0, 0.1) is 0 Å². The summed E-state index contributed by atoms with van der Waals surface area (Å²) in [6.45, 7) is 0.407. The second-order valence-electron chi connectivity index (χ2n) is 9.89. The van der Waals surface area contributed by atoms with Crippen molar-refractivity contribution in [3.8, 4) is 0 Å². The van der Waals surface area contributed by atoms with E-state index in [9.17, 15) is 19.2 Å². The number of hydrogen-bond acceptors (Lipinski definition) is 6. The maximum absolute atomic E-state index is 13.6. The Morgan fingerprint density at radius 1 is 1.00 bits per heavy atom. The molecule has 208 valence electrons. The highest BCUT2D eigenvalue weighted by atomic mass is 16.5. The lowest BCUT2D eigenvalue weighted by Crippen LogP contribution is -2.65. The summed E-state index contributed by atoms with van der Waals surface area (Å²) in [6, 6.07) is 9.94. The Morgan fingerprint density at radius 3 is 2.46 bits per heavy atom. The van der Waals surface area contributed by atoms with E-state index >= 15 is 0 Å². The van der Waals surface area contributed by atoms with Gasteiger partial charge in [-0.15, -0.1) is 0 Å². The zero-order valence-corrected chi connectivity index (χ0v) is 22.2. The van der Waals surface area contributed by atoms with Crippen LogP contribution in [0.2, 0.25) is 0 Å². The fourth-order valence-electron chi connectivity index (χ4n) is 5.02. The van der Waals surface area contributed by atoms with Gasteiger partial charge in [-0.25, -0.2) is 14.4 Å². The van der Waals surface area contributed by atoms with E-state index in [1.807, 2.05) is 18.2 Å². The van der Waals surface area contributed by atoms with Crippen molar-refractivity contribution in [2.24, 2.45) is 0 Å². The van der Waals surface area contributed by atoms with Crippen LogP contribution in [-0.4, -0.2) is 83.6 Å². The third-order valence-electron chi connectivity index (χ3n) is 7.15. The number of benzene rings is 1. The molecule has 0 bridgehead atoms. The molecule has 0 spiro atoms. The van der Waals surface area contributed by atoms with Gasteiger partial charge in [-0.1, -0.05) is 43.5 Å². The third kappa shape index (κ3) is 7.68. The minimum atomic E-state index is -0.995. The van der Waals surface area contributed by atoms with Gasteiger partial charge in [-0.2, -0.15) is 0 Å². The predicted octanol–water partition coefficient (Wildman–Crippen LogP) is 2.54. The standard InChI is InChI=1S/C28H36N6O5/c1-39-26(36)23(17-20-9-8-14-29-18-20)32-25(35)24-19-33(27(37)30-21-10-4-2-5-11-21)15-16-34(24)28(38)31-22-12-6-3-7-13-22/h2,4-5,8-11,14,18,22-24H,3,6-7,12-13,15-17,19H2,1H3,(H,30,37)(H,31,38)(H,32,35)/t23-,24-/m1/s1. The minimum absolute atomic E-state index is 0.0244. The fraction of sp³-hybridized carbons (Fsp3) is 0.464. The number of carbonyl (C=O) groups is 4. The Balaban J connectivity index is 1.50. The van der Waals surface area contributed by atoms with E-state index in [1.54, 1.807) is 36.7 Å². The van der Waals surface area contributed by atoms with Crippen molar-refractivity contribution in [3.05, 3.63) is 60.4 Å². The van der Waals surface area contributed by atoms with Crippen LogP contribution in [0.4, 0.5) is 15.3 Å². The number of amides is 5. The molecule has 1 saturated heterocycles. The van der Waals surface area contributed by atoms with Crippen molar-refractivity contribution in [3.63, 3.8) is 0 Å². The van der Waals surface area contributed by atoms with Crippen LogP contribution in [0.1, 0.15) is 37.7 Å². The van der Waals surface area contributed by atoms with E-state index in [-0.39, 0.29) is 44.2 Å². The fourth-order valence-corrected chi connectivity index (χ4v) is 5.02. The van der Waals surface area contributed by atoms with E-state index in [0.29, 0.717) is 5.69 Å². The number of rotatable bonds is 7. The first-order chi connectivity index (χ1) is 18.9. The molecule has 0 radical (unpaired) electrons. The molecule has 1 saturated carbocycles. The summed E-state index contributed by atoms with van der Waals surface area (Å²) in [6.07, 6.45) is 8.46. The number of aromatic nitrogens is 1. The molecule has 1 aromatic carbocycles. The normalized spacial score (nSPS) is 18.5. The molecular weight excluding hydrogens is 500 g/mol. The Bertz CT molecular complexity index is 1130. The lowest BCUT2D eigenvalue weighted by Gasteiger charge is -2.41. The average molecular weight is 537 g/mol. The van der Waals surface area contributed by atoms with E-state index in [2.05, 4.69) is 20.9 Å². The van der Waals surface area contributed by atoms with Gasteiger partial charge in [-0.3, -0.25) is 9.78 Å². The maximum Gasteiger partial charge on any atom is 0.328 e. The summed E-state index contributed by atoms with van der Waals surface area (Å²) in [5, 5.41) is 8.67. The van der Waals surface area contributed by atoms with Crippen molar-refractivity contribution < 1.29 is 23.9 Å². The predicted molar refractivity (Wildman–Crippen MR) is 145 cm³/mol. The molecule has 0 unspecified atom stereocenters. The summed E-state index contributed by atoms with van der Waals surface area (Å²) < 4.78 is 4.93. The molecule has 1 aromatic heterocycles. The number of urea groups is 2. The van der Waals surface area contributed by atoms with Gasteiger partial charge in [0.1, 0.15) is 12.1 Å². The SMILES string of the molecule is COC(=O)[C@@H](Cc1cccnc1)NC(=O)[C@H]1CN(C(=O)Nc2ccccc2)CCN1C(=O)NC1CCCCC1. The van der Waals surface area contributed by atoms with Crippen molar-refractivity contribution >= 4 is 29.6 Å². The number of ether oxygens (including phenoxy) is 1. The lowest BCUT2D eigenvalue weighted by molar-refractivity contribution is -0.145. The molecule has 5 amide bonds. The largest absolute Gasteiger partial charge is 0.467 e. The van der Waals surface area contributed by atoms with Gasteiger partial charge < -0.3 is 30.5 Å². The second-order valence-corrected chi connectivity index (χ2v) is 9.89. The summed E-state index contributed by atoms with van der Waals surface area (Å²) in [7, 11) is 1.25. The number of carbonyl (C=O) groups excluding carboxylic acids is 4. The molecule has 2 atom stereocenters. The number of pyridine rings is 1. The average Bonchev–Trinajstić information content (AvgIpc) is 2.97. The highest BCUT2D eigenvalue weighted by Gasteiger charge is 2.39. The zero-order chi connectivity index (χ0) is 27.6. The number of anilines is 1. The Morgan fingerprint density at radius 2 is 1.77 bits per heavy atom. The summed E-state index contributed by atoms with van der Waals surface area (Å²) in [4.78, 5) is 59.6. The number of esters is 1. The van der Waals surface area contributed by atoms with Gasteiger partial charge in [0, 0.05) is 43.6 Å². The van der Waals surface area contributed by atoms with Crippen LogP contribution < -0.4 is 16.0 Å². The number of nitrogens with one attached hydrogen (secondary N) is 3. The molecule has 1 aliphatic heterocycles. The van der Waals surface area contributed by atoms with E-state index in [1.165, 1.54) is 16.9 Å². The topological polar surface area (TPSA) is 133 Å². The molecule has 3 N–H and O–H groups in total.